The van der Waals surface area contributed by atoms with Gasteiger partial charge in [-0.2, -0.15) is 0 Å². The van der Waals surface area contributed by atoms with Crippen LogP contribution in [0.3, 0.4) is 0 Å². The van der Waals surface area contributed by atoms with Crippen molar-refractivity contribution in [3.63, 3.8) is 0 Å². The predicted octanol–water partition coefficient (Wildman–Crippen LogP) is 1.59. The number of carbonyl (C=O) groups is 2. The average molecular weight is 274 g/mol. The highest BCUT2D eigenvalue weighted by atomic mass is 16.6. The highest BCUT2D eigenvalue weighted by molar-refractivity contribution is 6.08. The molecule has 5 heteroatoms. The lowest BCUT2D eigenvalue weighted by Crippen LogP contribution is -2.51. The Kier molecular flexibility index (Phi) is 8.59. The first-order valence-electron chi connectivity index (χ1n) is 7.02. The number of hydrogen-bond acceptors (Lipinski definition) is 5. The van der Waals surface area contributed by atoms with Gasteiger partial charge in [0, 0.05) is 0 Å². The molecule has 2 atom stereocenters. The number of esters is 1. The van der Waals surface area contributed by atoms with Gasteiger partial charge in [0.1, 0.15) is 6.10 Å². The van der Waals surface area contributed by atoms with Crippen LogP contribution in [0.15, 0.2) is 0 Å². The molecule has 0 aromatic rings. The van der Waals surface area contributed by atoms with E-state index in [-0.39, 0.29) is 13.0 Å². The number of ketones is 1. The molecule has 2 unspecified atom stereocenters. The largest absolute Gasteiger partial charge is 0.463 e. The molecule has 2 N–H and O–H groups in total. The highest BCUT2D eigenvalue weighted by Crippen LogP contribution is 2.19. The van der Waals surface area contributed by atoms with Crippen LogP contribution in [0.4, 0.5) is 0 Å². The van der Waals surface area contributed by atoms with E-state index in [0.29, 0.717) is 12.8 Å². The van der Waals surface area contributed by atoms with Gasteiger partial charge in [-0.3, -0.25) is 4.79 Å². The maximum atomic E-state index is 11.8. The molecule has 0 radical (unpaired) electrons. The fourth-order valence-corrected chi connectivity index (χ4v) is 1.85. The van der Waals surface area contributed by atoms with Crippen molar-refractivity contribution in [1.29, 1.82) is 0 Å². The Morgan fingerprint density at radius 3 is 2.26 bits per heavy atom. The third-order valence-corrected chi connectivity index (χ3v) is 2.97. The van der Waals surface area contributed by atoms with Crippen LogP contribution >= 0.6 is 0 Å². The van der Waals surface area contributed by atoms with E-state index in [4.69, 9.17) is 4.74 Å². The number of Topliss-reactive ketones (excluding diaryl/α,β-unsaturated/α-hetero) is 1. The number of aliphatic hydroxyl groups excluding tert-OH is 1. The van der Waals surface area contributed by atoms with E-state index in [1.807, 2.05) is 0 Å². The molecule has 0 fully saturated rings. The molecule has 0 bridgehead atoms. The van der Waals surface area contributed by atoms with Gasteiger partial charge in [-0.05, 0) is 19.8 Å². The van der Waals surface area contributed by atoms with Crippen molar-refractivity contribution >= 4 is 11.8 Å². The standard InChI is InChI=1S/C14H26O5/c1-4-6-7-8-10-19-13(17)14(18,9-5-2)12(16)11(3)15/h11,15,18H,4-10H2,1-3H3. The first-order chi connectivity index (χ1) is 8.90. The Hall–Kier alpha value is -0.940. The number of aliphatic hydroxyl groups is 2. The third-order valence-electron chi connectivity index (χ3n) is 2.97. The molecule has 0 aliphatic carbocycles. The molecule has 0 aromatic heterocycles. The van der Waals surface area contributed by atoms with Crippen molar-refractivity contribution in [2.45, 2.75) is 71.0 Å². The zero-order valence-corrected chi connectivity index (χ0v) is 12.1. The van der Waals surface area contributed by atoms with Crippen molar-refractivity contribution in [3.8, 4) is 0 Å². The molecule has 0 aliphatic heterocycles. The third kappa shape index (κ3) is 5.70. The monoisotopic (exact) mass is 274 g/mol. The van der Waals surface area contributed by atoms with E-state index in [2.05, 4.69) is 6.92 Å². The van der Waals surface area contributed by atoms with E-state index in [0.717, 1.165) is 19.3 Å². The summed E-state index contributed by atoms with van der Waals surface area (Å²) >= 11 is 0. The number of rotatable bonds is 10. The number of unbranched alkanes of at least 4 members (excludes halogenated alkanes) is 3. The van der Waals surface area contributed by atoms with Gasteiger partial charge >= 0.3 is 5.97 Å². The quantitative estimate of drug-likeness (QED) is 0.359. The zero-order valence-electron chi connectivity index (χ0n) is 12.1. The second kappa shape index (κ2) is 9.04. The molecule has 0 heterocycles. The summed E-state index contributed by atoms with van der Waals surface area (Å²) < 4.78 is 4.96. The maximum absolute atomic E-state index is 11.8. The van der Waals surface area contributed by atoms with Crippen LogP contribution in [-0.2, 0) is 14.3 Å². The average Bonchev–Trinajstić information content (AvgIpc) is 2.37. The number of carbonyl (C=O) groups excluding carboxylic acids is 2. The minimum absolute atomic E-state index is 0.0372. The Bertz CT molecular complexity index is 288. The van der Waals surface area contributed by atoms with Crippen LogP contribution in [0.2, 0.25) is 0 Å². The molecule has 0 aromatic carbocycles. The van der Waals surface area contributed by atoms with Gasteiger partial charge in [0.05, 0.1) is 6.61 Å². The summed E-state index contributed by atoms with van der Waals surface area (Å²) in [4.78, 5) is 23.6. The summed E-state index contributed by atoms with van der Waals surface area (Å²) in [7, 11) is 0. The Balaban J connectivity index is 4.45. The molecular weight excluding hydrogens is 248 g/mol. The van der Waals surface area contributed by atoms with Crippen molar-refractivity contribution in [2.75, 3.05) is 6.61 Å². The molecule has 0 saturated heterocycles. The van der Waals surface area contributed by atoms with Gasteiger partial charge in [0.15, 0.2) is 0 Å². The normalized spacial score (nSPS) is 15.6. The second-order valence-corrected chi connectivity index (χ2v) is 4.85. The van der Waals surface area contributed by atoms with Crippen LogP contribution in [0.25, 0.3) is 0 Å². The summed E-state index contributed by atoms with van der Waals surface area (Å²) in [5.41, 5.74) is -2.21. The van der Waals surface area contributed by atoms with Gasteiger partial charge in [-0.1, -0.05) is 39.5 Å². The zero-order chi connectivity index (χ0) is 14.9. The Morgan fingerprint density at radius 1 is 1.16 bits per heavy atom. The van der Waals surface area contributed by atoms with Crippen molar-refractivity contribution in [2.24, 2.45) is 0 Å². The summed E-state index contributed by atoms with van der Waals surface area (Å²) in [6, 6.07) is 0. The maximum Gasteiger partial charge on any atom is 0.346 e. The lowest BCUT2D eigenvalue weighted by molar-refractivity contribution is -0.174. The SMILES string of the molecule is CCCCCCOC(=O)C(O)(CCC)C(=O)C(C)O. The summed E-state index contributed by atoms with van der Waals surface area (Å²) in [6.07, 6.45) is 2.82. The Morgan fingerprint density at radius 2 is 1.79 bits per heavy atom. The summed E-state index contributed by atoms with van der Waals surface area (Å²) in [5.74, 6) is -1.84. The van der Waals surface area contributed by atoms with E-state index >= 15 is 0 Å². The van der Waals surface area contributed by atoms with E-state index < -0.39 is 23.5 Å². The van der Waals surface area contributed by atoms with Crippen LogP contribution < -0.4 is 0 Å². The molecule has 0 aliphatic rings. The topological polar surface area (TPSA) is 83.8 Å². The Labute approximate surface area is 115 Å². The minimum atomic E-state index is -2.21. The molecule has 0 amide bonds. The van der Waals surface area contributed by atoms with Crippen LogP contribution in [0.5, 0.6) is 0 Å². The first-order valence-corrected chi connectivity index (χ1v) is 7.02. The molecule has 0 rings (SSSR count). The molecule has 0 spiro atoms. The summed E-state index contributed by atoms with van der Waals surface area (Å²) in [5, 5.41) is 19.4. The van der Waals surface area contributed by atoms with Gasteiger partial charge in [0.2, 0.25) is 11.4 Å². The van der Waals surface area contributed by atoms with Crippen molar-refractivity contribution in [1.82, 2.24) is 0 Å². The molecular formula is C14H26O5. The summed E-state index contributed by atoms with van der Waals surface area (Å²) in [6.45, 7) is 5.25. The number of ether oxygens (including phenoxy) is 1. The van der Waals surface area contributed by atoms with E-state index in [1.54, 1.807) is 6.92 Å². The fraction of sp³-hybridized carbons (Fsp3) is 0.857. The van der Waals surface area contributed by atoms with Gasteiger partial charge in [-0.15, -0.1) is 0 Å². The van der Waals surface area contributed by atoms with Crippen molar-refractivity contribution in [3.05, 3.63) is 0 Å². The molecule has 0 saturated carbocycles. The van der Waals surface area contributed by atoms with Crippen LogP contribution in [0.1, 0.15) is 59.3 Å². The lowest BCUT2D eigenvalue weighted by Gasteiger charge is -2.25. The van der Waals surface area contributed by atoms with Gasteiger partial charge < -0.3 is 14.9 Å². The highest BCUT2D eigenvalue weighted by Gasteiger charge is 2.46. The lowest BCUT2D eigenvalue weighted by atomic mass is 9.90. The smallest absolute Gasteiger partial charge is 0.346 e. The van der Waals surface area contributed by atoms with E-state index in [1.165, 1.54) is 6.92 Å². The first kappa shape index (κ1) is 18.1. The molecule has 5 nitrogen and oxygen atoms in total. The van der Waals surface area contributed by atoms with Crippen LogP contribution in [0, 0.1) is 0 Å². The van der Waals surface area contributed by atoms with Crippen LogP contribution in [-0.4, -0.2) is 40.3 Å². The van der Waals surface area contributed by atoms with Gasteiger partial charge in [-0.25, -0.2) is 4.79 Å². The molecule has 19 heavy (non-hydrogen) atoms. The van der Waals surface area contributed by atoms with Crippen molar-refractivity contribution < 1.29 is 24.5 Å². The van der Waals surface area contributed by atoms with E-state index in [9.17, 15) is 19.8 Å². The molecule has 112 valence electrons. The minimum Gasteiger partial charge on any atom is -0.463 e. The number of hydrogen-bond donors (Lipinski definition) is 2. The van der Waals surface area contributed by atoms with Gasteiger partial charge in [0.25, 0.3) is 0 Å². The predicted molar refractivity (Wildman–Crippen MR) is 71.6 cm³/mol. The fourth-order valence-electron chi connectivity index (χ4n) is 1.85. The second-order valence-electron chi connectivity index (χ2n) is 4.85.